The van der Waals surface area contributed by atoms with Crippen LogP contribution in [0.1, 0.15) is 18.5 Å². The first-order valence-corrected chi connectivity index (χ1v) is 5.79. The zero-order chi connectivity index (χ0) is 11.2. The number of aliphatic hydroxyl groups is 1. The van der Waals surface area contributed by atoms with Crippen molar-refractivity contribution in [2.24, 2.45) is 0 Å². The van der Waals surface area contributed by atoms with Crippen LogP contribution < -0.4 is 4.74 Å². The van der Waals surface area contributed by atoms with E-state index in [0.717, 1.165) is 12.3 Å². The standard InChI is InChI=1S/C12H18N2O2/c15-10-11-9-12(3-4-13-11)16-8-7-14-5-1-2-6-14/h3-4,9,15H,1-2,5-8,10H2. The molecule has 0 aliphatic carbocycles. The van der Waals surface area contributed by atoms with Crippen molar-refractivity contribution in [2.45, 2.75) is 19.4 Å². The molecule has 0 amide bonds. The number of ether oxygens (including phenoxy) is 1. The SMILES string of the molecule is OCc1cc(OCCN2CCCC2)ccn1. The summed E-state index contributed by atoms with van der Waals surface area (Å²) >= 11 is 0. The molecule has 1 aliphatic heterocycles. The van der Waals surface area contributed by atoms with Crippen molar-refractivity contribution < 1.29 is 9.84 Å². The molecule has 88 valence electrons. The second-order valence-corrected chi connectivity index (χ2v) is 4.04. The lowest BCUT2D eigenvalue weighted by atomic mass is 10.3. The van der Waals surface area contributed by atoms with Crippen LogP contribution in [0.4, 0.5) is 0 Å². The molecule has 0 saturated carbocycles. The van der Waals surface area contributed by atoms with E-state index in [1.807, 2.05) is 6.07 Å². The molecule has 2 heterocycles. The Hall–Kier alpha value is -1.13. The highest BCUT2D eigenvalue weighted by Gasteiger charge is 2.10. The molecule has 1 aliphatic rings. The summed E-state index contributed by atoms with van der Waals surface area (Å²) in [4.78, 5) is 6.41. The minimum atomic E-state index is -0.0384. The van der Waals surface area contributed by atoms with Crippen LogP contribution in [0.5, 0.6) is 5.75 Å². The Labute approximate surface area is 95.9 Å². The predicted octanol–water partition coefficient (Wildman–Crippen LogP) is 1.05. The molecule has 0 atom stereocenters. The first-order valence-electron chi connectivity index (χ1n) is 5.79. The monoisotopic (exact) mass is 222 g/mol. The molecule has 1 fully saturated rings. The third-order valence-corrected chi connectivity index (χ3v) is 2.82. The van der Waals surface area contributed by atoms with Crippen molar-refractivity contribution in [3.63, 3.8) is 0 Å². The van der Waals surface area contributed by atoms with E-state index < -0.39 is 0 Å². The summed E-state index contributed by atoms with van der Waals surface area (Å²) in [6.45, 7) is 4.04. The molecular weight excluding hydrogens is 204 g/mol. The summed E-state index contributed by atoms with van der Waals surface area (Å²) in [5.41, 5.74) is 0.652. The van der Waals surface area contributed by atoms with Gasteiger partial charge in [0.25, 0.3) is 0 Å². The zero-order valence-electron chi connectivity index (χ0n) is 9.43. The fourth-order valence-corrected chi connectivity index (χ4v) is 1.93. The van der Waals surface area contributed by atoms with Gasteiger partial charge < -0.3 is 9.84 Å². The maximum Gasteiger partial charge on any atom is 0.122 e. The van der Waals surface area contributed by atoms with Crippen molar-refractivity contribution in [3.8, 4) is 5.75 Å². The molecule has 4 nitrogen and oxygen atoms in total. The van der Waals surface area contributed by atoms with E-state index in [1.54, 1.807) is 12.3 Å². The molecular formula is C12H18N2O2. The van der Waals surface area contributed by atoms with E-state index >= 15 is 0 Å². The summed E-state index contributed by atoms with van der Waals surface area (Å²) in [5, 5.41) is 8.93. The fraction of sp³-hybridized carbons (Fsp3) is 0.583. The molecule has 1 saturated heterocycles. The highest BCUT2D eigenvalue weighted by atomic mass is 16.5. The summed E-state index contributed by atoms with van der Waals surface area (Å²) in [5.74, 6) is 0.790. The molecule has 1 aromatic heterocycles. The summed E-state index contributed by atoms with van der Waals surface area (Å²) in [7, 11) is 0. The number of rotatable bonds is 5. The zero-order valence-corrected chi connectivity index (χ0v) is 9.43. The first-order chi connectivity index (χ1) is 7.88. The summed E-state index contributed by atoms with van der Waals surface area (Å²) < 4.78 is 5.62. The average molecular weight is 222 g/mol. The topological polar surface area (TPSA) is 45.6 Å². The summed E-state index contributed by atoms with van der Waals surface area (Å²) in [6.07, 6.45) is 4.28. The largest absolute Gasteiger partial charge is 0.492 e. The lowest BCUT2D eigenvalue weighted by Gasteiger charge is -2.14. The molecule has 1 aromatic rings. The van der Waals surface area contributed by atoms with Crippen molar-refractivity contribution >= 4 is 0 Å². The van der Waals surface area contributed by atoms with Gasteiger partial charge in [0.15, 0.2) is 0 Å². The van der Waals surface area contributed by atoms with Crippen molar-refractivity contribution in [1.29, 1.82) is 0 Å². The van der Waals surface area contributed by atoms with Crippen LogP contribution in [-0.4, -0.2) is 41.2 Å². The quantitative estimate of drug-likeness (QED) is 0.809. The third-order valence-electron chi connectivity index (χ3n) is 2.82. The second-order valence-electron chi connectivity index (χ2n) is 4.04. The highest BCUT2D eigenvalue weighted by Crippen LogP contribution is 2.11. The Balaban J connectivity index is 1.75. The van der Waals surface area contributed by atoms with E-state index in [-0.39, 0.29) is 6.61 Å². The smallest absolute Gasteiger partial charge is 0.122 e. The van der Waals surface area contributed by atoms with Crippen molar-refractivity contribution in [1.82, 2.24) is 9.88 Å². The van der Waals surface area contributed by atoms with Gasteiger partial charge in [-0.2, -0.15) is 0 Å². The molecule has 16 heavy (non-hydrogen) atoms. The predicted molar refractivity (Wildman–Crippen MR) is 61.3 cm³/mol. The number of nitrogens with zero attached hydrogens (tertiary/aromatic N) is 2. The third kappa shape index (κ3) is 3.18. The van der Waals surface area contributed by atoms with Crippen LogP contribution >= 0.6 is 0 Å². The number of aromatic nitrogens is 1. The Kier molecular flexibility index (Phi) is 4.13. The minimum Gasteiger partial charge on any atom is -0.492 e. The number of pyridine rings is 1. The van der Waals surface area contributed by atoms with Gasteiger partial charge in [0.1, 0.15) is 12.4 Å². The van der Waals surface area contributed by atoms with Gasteiger partial charge >= 0.3 is 0 Å². The molecule has 0 spiro atoms. The molecule has 1 N–H and O–H groups in total. The first kappa shape index (κ1) is 11.4. The van der Waals surface area contributed by atoms with E-state index in [2.05, 4.69) is 9.88 Å². The van der Waals surface area contributed by atoms with E-state index in [1.165, 1.54) is 25.9 Å². The van der Waals surface area contributed by atoms with Crippen molar-refractivity contribution in [2.75, 3.05) is 26.2 Å². The minimum absolute atomic E-state index is 0.0384. The molecule has 2 rings (SSSR count). The lowest BCUT2D eigenvalue weighted by Crippen LogP contribution is -2.25. The second kappa shape index (κ2) is 5.82. The number of likely N-dealkylation sites (tertiary alicyclic amines) is 1. The van der Waals surface area contributed by atoms with Gasteiger partial charge in [0.2, 0.25) is 0 Å². The Morgan fingerprint density at radius 3 is 2.94 bits per heavy atom. The normalized spacial score (nSPS) is 16.6. The molecule has 0 aromatic carbocycles. The van der Waals surface area contributed by atoms with Crippen LogP contribution in [0.15, 0.2) is 18.3 Å². The average Bonchev–Trinajstić information content (AvgIpc) is 2.82. The van der Waals surface area contributed by atoms with Crippen LogP contribution in [-0.2, 0) is 6.61 Å². The van der Waals surface area contributed by atoms with E-state index in [0.29, 0.717) is 12.3 Å². The Morgan fingerprint density at radius 1 is 1.38 bits per heavy atom. The maximum atomic E-state index is 8.93. The van der Waals surface area contributed by atoms with Crippen LogP contribution in [0, 0.1) is 0 Å². The molecule has 0 radical (unpaired) electrons. The van der Waals surface area contributed by atoms with Crippen LogP contribution in [0.25, 0.3) is 0 Å². The van der Waals surface area contributed by atoms with E-state index in [9.17, 15) is 0 Å². The van der Waals surface area contributed by atoms with Gasteiger partial charge in [-0.1, -0.05) is 0 Å². The molecule has 0 bridgehead atoms. The summed E-state index contributed by atoms with van der Waals surface area (Å²) in [6, 6.07) is 3.60. The Morgan fingerprint density at radius 2 is 2.19 bits per heavy atom. The van der Waals surface area contributed by atoms with E-state index in [4.69, 9.17) is 9.84 Å². The van der Waals surface area contributed by atoms with Gasteiger partial charge in [-0.3, -0.25) is 9.88 Å². The van der Waals surface area contributed by atoms with Crippen molar-refractivity contribution in [3.05, 3.63) is 24.0 Å². The number of hydrogen-bond donors (Lipinski definition) is 1. The maximum absolute atomic E-state index is 8.93. The van der Waals surface area contributed by atoms with Gasteiger partial charge in [-0.25, -0.2) is 0 Å². The van der Waals surface area contributed by atoms with Crippen LogP contribution in [0.2, 0.25) is 0 Å². The number of hydrogen-bond acceptors (Lipinski definition) is 4. The lowest BCUT2D eigenvalue weighted by molar-refractivity contribution is 0.236. The number of aliphatic hydroxyl groups excluding tert-OH is 1. The molecule has 0 unspecified atom stereocenters. The van der Waals surface area contributed by atoms with Gasteiger partial charge in [-0.05, 0) is 32.0 Å². The van der Waals surface area contributed by atoms with Gasteiger partial charge in [0, 0.05) is 18.8 Å². The van der Waals surface area contributed by atoms with Gasteiger partial charge in [0.05, 0.1) is 12.3 Å². The molecule has 4 heteroatoms. The fourth-order valence-electron chi connectivity index (χ4n) is 1.93. The van der Waals surface area contributed by atoms with Crippen LogP contribution in [0.3, 0.4) is 0 Å². The highest BCUT2D eigenvalue weighted by molar-refractivity contribution is 5.22. The van der Waals surface area contributed by atoms with Gasteiger partial charge in [-0.15, -0.1) is 0 Å². The Bertz CT molecular complexity index is 325.